The van der Waals surface area contributed by atoms with Crippen LogP contribution in [-0.4, -0.2) is 40.5 Å². The van der Waals surface area contributed by atoms with Crippen molar-refractivity contribution in [1.82, 2.24) is 14.9 Å². The van der Waals surface area contributed by atoms with Crippen LogP contribution in [0.5, 0.6) is 0 Å². The monoisotopic (exact) mass is 379 g/mol. The third-order valence-electron chi connectivity index (χ3n) is 4.68. The zero-order valence-corrected chi connectivity index (χ0v) is 15.4. The molecule has 0 bridgehead atoms. The molecular formula is C21H18ClN3O2. The van der Waals surface area contributed by atoms with Crippen molar-refractivity contribution in [3.8, 4) is 11.1 Å². The first-order chi connectivity index (χ1) is 13.2. The number of carbonyl (C=O) groups excluding carboxylic acids is 1. The molecule has 136 valence electrons. The van der Waals surface area contributed by atoms with E-state index >= 15 is 0 Å². The van der Waals surface area contributed by atoms with Crippen molar-refractivity contribution in [3.63, 3.8) is 0 Å². The predicted octanol–water partition coefficient (Wildman–Crippen LogP) is 4.04. The Morgan fingerprint density at radius 2 is 2.11 bits per heavy atom. The van der Waals surface area contributed by atoms with Crippen LogP contribution in [0.25, 0.3) is 22.2 Å². The molecule has 0 saturated carbocycles. The van der Waals surface area contributed by atoms with Gasteiger partial charge in [0.2, 0.25) is 5.91 Å². The summed E-state index contributed by atoms with van der Waals surface area (Å²) in [6.07, 6.45) is 4.89. The van der Waals surface area contributed by atoms with Crippen molar-refractivity contribution in [2.24, 2.45) is 0 Å². The topological polar surface area (TPSA) is 55.3 Å². The van der Waals surface area contributed by atoms with E-state index in [1.807, 2.05) is 42.6 Å². The summed E-state index contributed by atoms with van der Waals surface area (Å²) in [5.74, 6) is -0.110. The van der Waals surface area contributed by atoms with E-state index in [0.717, 1.165) is 27.7 Å². The molecule has 2 aromatic heterocycles. The van der Waals surface area contributed by atoms with Gasteiger partial charge < -0.3 is 9.64 Å². The van der Waals surface area contributed by atoms with E-state index in [9.17, 15) is 4.79 Å². The quantitative estimate of drug-likeness (QED) is 0.644. The number of pyridine rings is 2. The van der Waals surface area contributed by atoms with Gasteiger partial charge in [-0.2, -0.15) is 0 Å². The minimum absolute atomic E-state index is 0.110. The SMILES string of the molecule is C=CC(=O)N1CCOCC1c1cc(Cl)cc(-c2cnc3cccnc3c2)c1. The minimum atomic E-state index is -0.201. The normalized spacial score (nSPS) is 17.1. The molecule has 1 atom stereocenters. The lowest BCUT2D eigenvalue weighted by Crippen LogP contribution is -2.42. The number of benzene rings is 1. The standard InChI is InChI=1S/C21H18ClN3O2/c1-2-21(26)25-6-7-27-13-20(25)15-8-14(9-17(22)10-15)16-11-19-18(24-12-16)4-3-5-23-19/h2-5,8-12,20H,1,6-7,13H2. The largest absolute Gasteiger partial charge is 0.377 e. The maximum atomic E-state index is 12.2. The Morgan fingerprint density at radius 3 is 2.96 bits per heavy atom. The van der Waals surface area contributed by atoms with Crippen LogP contribution in [0.15, 0.2) is 61.4 Å². The fraction of sp³-hybridized carbons (Fsp3) is 0.190. The molecule has 0 aliphatic carbocycles. The van der Waals surface area contributed by atoms with Crippen LogP contribution in [0.1, 0.15) is 11.6 Å². The highest BCUT2D eigenvalue weighted by atomic mass is 35.5. The summed E-state index contributed by atoms with van der Waals surface area (Å²) >= 11 is 6.40. The van der Waals surface area contributed by atoms with Crippen molar-refractivity contribution in [1.29, 1.82) is 0 Å². The average Bonchev–Trinajstić information content (AvgIpc) is 2.72. The van der Waals surface area contributed by atoms with E-state index in [4.69, 9.17) is 16.3 Å². The first-order valence-electron chi connectivity index (χ1n) is 8.68. The second-order valence-electron chi connectivity index (χ2n) is 6.37. The van der Waals surface area contributed by atoms with Crippen LogP contribution in [0.2, 0.25) is 5.02 Å². The van der Waals surface area contributed by atoms with Crippen LogP contribution in [-0.2, 0) is 9.53 Å². The van der Waals surface area contributed by atoms with E-state index in [-0.39, 0.29) is 11.9 Å². The molecule has 5 nitrogen and oxygen atoms in total. The lowest BCUT2D eigenvalue weighted by molar-refractivity contribution is -0.134. The van der Waals surface area contributed by atoms with Crippen LogP contribution >= 0.6 is 11.6 Å². The Morgan fingerprint density at radius 1 is 1.22 bits per heavy atom. The van der Waals surface area contributed by atoms with Gasteiger partial charge in [0.05, 0.1) is 30.3 Å². The van der Waals surface area contributed by atoms with Gasteiger partial charge in [0.25, 0.3) is 0 Å². The number of halogens is 1. The molecule has 1 unspecified atom stereocenters. The van der Waals surface area contributed by atoms with Crippen LogP contribution < -0.4 is 0 Å². The molecule has 1 aliphatic rings. The van der Waals surface area contributed by atoms with Crippen LogP contribution in [0.4, 0.5) is 0 Å². The Balaban J connectivity index is 1.76. The van der Waals surface area contributed by atoms with Gasteiger partial charge >= 0.3 is 0 Å². The Kier molecular flexibility index (Phi) is 4.88. The van der Waals surface area contributed by atoms with Crippen LogP contribution in [0.3, 0.4) is 0 Å². The van der Waals surface area contributed by atoms with Gasteiger partial charge in [-0.3, -0.25) is 14.8 Å². The van der Waals surface area contributed by atoms with Gasteiger partial charge in [-0.25, -0.2) is 0 Å². The molecule has 3 heterocycles. The highest BCUT2D eigenvalue weighted by molar-refractivity contribution is 6.31. The maximum absolute atomic E-state index is 12.2. The zero-order valence-electron chi connectivity index (χ0n) is 14.6. The number of rotatable bonds is 3. The number of amides is 1. The number of fused-ring (bicyclic) bond motifs is 1. The van der Waals surface area contributed by atoms with Crippen molar-refractivity contribution < 1.29 is 9.53 Å². The Hall–Kier alpha value is -2.76. The van der Waals surface area contributed by atoms with Crippen molar-refractivity contribution in [3.05, 3.63) is 72.0 Å². The van der Waals surface area contributed by atoms with E-state index in [0.29, 0.717) is 24.8 Å². The van der Waals surface area contributed by atoms with Gasteiger partial charge in [0.15, 0.2) is 0 Å². The van der Waals surface area contributed by atoms with Crippen molar-refractivity contribution in [2.75, 3.05) is 19.8 Å². The Bertz CT molecular complexity index is 1020. The highest BCUT2D eigenvalue weighted by Crippen LogP contribution is 2.32. The second-order valence-corrected chi connectivity index (χ2v) is 6.80. The fourth-order valence-electron chi connectivity index (χ4n) is 3.34. The average molecular weight is 380 g/mol. The number of ether oxygens (including phenoxy) is 1. The first-order valence-corrected chi connectivity index (χ1v) is 9.06. The van der Waals surface area contributed by atoms with Crippen LogP contribution in [0, 0.1) is 0 Å². The molecule has 3 aromatic rings. The van der Waals surface area contributed by atoms with Crippen molar-refractivity contribution in [2.45, 2.75) is 6.04 Å². The number of hydrogen-bond donors (Lipinski definition) is 0. The molecule has 1 fully saturated rings. The summed E-state index contributed by atoms with van der Waals surface area (Å²) in [6, 6.07) is 11.4. The smallest absolute Gasteiger partial charge is 0.246 e. The molecule has 0 radical (unpaired) electrons. The lowest BCUT2D eigenvalue weighted by atomic mass is 9.98. The molecule has 1 aliphatic heterocycles. The zero-order chi connectivity index (χ0) is 18.8. The van der Waals surface area contributed by atoms with Gasteiger partial charge in [-0.15, -0.1) is 0 Å². The summed E-state index contributed by atoms with van der Waals surface area (Å²) in [5, 5.41) is 0.597. The van der Waals surface area contributed by atoms with Gasteiger partial charge in [0, 0.05) is 29.5 Å². The number of hydrogen-bond acceptors (Lipinski definition) is 4. The molecule has 27 heavy (non-hydrogen) atoms. The molecule has 1 amide bonds. The lowest BCUT2D eigenvalue weighted by Gasteiger charge is -2.35. The van der Waals surface area contributed by atoms with E-state index < -0.39 is 0 Å². The van der Waals surface area contributed by atoms with Gasteiger partial charge in [-0.1, -0.05) is 18.2 Å². The molecule has 6 heteroatoms. The van der Waals surface area contributed by atoms with E-state index in [1.165, 1.54) is 6.08 Å². The van der Waals surface area contributed by atoms with E-state index in [2.05, 4.69) is 16.5 Å². The molecular weight excluding hydrogens is 362 g/mol. The molecule has 1 aromatic carbocycles. The Labute approximate surface area is 162 Å². The predicted molar refractivity (Wildman–Crippen MR) is 105 cm³/mol. The third kappa shape index (κ3) is 3.56. The summed E-state index contributed by atoms with van der Waals surface area (Å²) in [5.41, 5.74) is 4.43. The summed E-state index contributed by atoms with van der Waals surface area (Å²) < 4.78 is 5.61. The van der Waals surface area contributed by atoms with Gasteiger partial charge in [0.1, 0.15) is 0 Å². The maximum Gasteiger partial charge on any atom is 0.246 e. The minimum Gasteiger partial charge on any atom is -0.377 e. The van der Waals surface area contributed by atoms with Crippen molar-refractivity contribution >= 4 is 28.5 Å². The first kappa shape index (κ1) is 17.6. The molecule has 0 N–H and O–H groups in total. The molecule has 0 spiro atoms. The highest BCUT2D eigenvalue weighted by Gasteiger charge is 2.27. The van der Waals surface area contributed by atoms with Gasteiger partial charge in [-0.05, 0) is 53.6 Å². The summed E-state index contributed by atoms with van der Waals surface area (Å²) in [6.45, 7) is 5.07. The third-order valence-corrected chi connectivity index (χ3v) is 4.89. The summed E-state index contributed by atoms with van der Waals surface area (Å²) in [4.78, 5) is 22.9. The fourth-order valence-corrected chi connectivity index (χ4v) is 3.59. The number of morpholine rings is 1. The van der Waals surface area contributed by atoms with E-state index in [1.54, 1.807) is 11.1 Å². The summed E-state index contributed by atoms with van der Waals surface area (Å²) in [7, 11) is 0. The second kappa shape index (κ2) is 7.47. The number of aromatic nitrogens is 2. The number of nitrogens with zero attached hydrogens (tertiary/aromatic N) is 3. The molecule has 1 saturated heterocycles. The molecule has 4 rings (SSSR count). The number of carbonyl (C=O) groups is 1.